The number of hydrogen-bond acceptors (Lipinski definition) is 2. The zero-order chi connectivity index (χ0) is 9.84. The Morgan fingerprint density at radius 1 is 1.23 bits per heavy atom. The van der Waals surface area contributed by atoms with E-state index < -0.39 is 10.1 Å². The van der Waals surface area contributed by atoms with Gasteiger partial charge in [0.15, 0.2) is 0 Å². The van der Waals surface area contributed by atoms with Gasteiger partial charge in [0, 0.05) is 5.56 Å². The van der Waals surface area contributed by atoms with Crippen LogP contribution in [0.15, 0.2) is 35.5 Å². The van der Waals surface area contributed by atoms with Gasteiger partial charge in [-0.05, 0) is 11.6 Å². The molecule has 1 aromatic rings. The Morgan fingerprint density at radius 3 is 2.23 bits per heavy atom. The van der Waals surface area contributed by atoms with Crippen LogP contribution in [0.5, 0.6) is 0 Å². The van der Waals surface area contributed by atoms with Crippen LogP contribution in [-0.2, 0) is 0 Å². The molecule has 3 nitrogen and oxygen atoms in total. The third-order valence-electron chi connectivity index (χ3n) is 1.37. The van der Waals surface area contributed by atoms with E-state index in [0.717, 1.165) is 0 Å². The molecule has 0 spiro atoms. The summed E-state index contributed by atoms with van der Waals surface area (Å²) in [5, 5.41) is 9.63. The average Bonchev–Trinajstić information content (AvgIpc) is 2.17. The van der Waals surface area contributed by atoms with Crippen LogP contribution in [0.2, 0.25) is 0 Å². The molecule has 1 aromatic carbocycles. The van der Waals surface area contributed by atoms with Gasteiger partial charge < -0.3 is 0 Å². The highest BCUT2D eigenvalue weighted by molar-refractivity contribution is 6.53. The van der Waals surface area contributed by atoms with Crippen molar-refractivity contribution >= 4 is 28.2 Å². The van der Waals surface area contributed by atoms with Gasteiger partial charge in [-0.2, -0.15) is 0 Å². The molecule has 1 rings (SSSR count). The van der Waals surface area contributed by atoms with E-state index in [9.17, 15) is 10.1 Å². The molecule has 5 heteroatoms. The number of nitrogens with zero attached hydrogens (tertiary/aromatic N) is 1. The molecule has 0 saturated heterocycles. The minimum absolute atomic E-state index is 0.0488. The second-order valence-corrected chi connectivity index (χ2v) is 2.96. The van der Waals surface area contributed by atoms with Gasteiger partial charge in [0.25, 0.3) is 0 Å². The molecule has 0 aromatic heterocycles. The highest BCUT2D eigenvalue weighted by Gasteiger charge is 2.14. The van der Waals surface area contributed by atoms with Crippen LogP contribution in [0.3, 0.4) is 0 Å². The second kappa shape index (κ2) is 4.25. The van der Waals surface area contributed by atoms with Gasteiger partial charge in [0.2, 0.25) is 0 Å². The van der Waals surface area contributed by atoms with E-state index in [0.29, 0.717) is 5.56 Å². The number of rotatable bonds is 2. The smallest absolute Gasteiger partial charge is 0.257 e. The van der Waals surface area contributed by atoms with Crippen molar-refractivity contribution in [2.24, 2.45) is 0 Å². The van der Waals surface area contributed by atoms with Crippen molar-refractivity contribution in [1.29, 1.82) is 0 Å². The van der Waals surface area contributed by atoms with Crippen molar-refractivity contribution in [2.45, 2.75) is 0 Å². The highest BCUT2D eigenvalue weighted by atomic mass is 35.5. The highest BCUT2D eigenvalue weighted by Crippen LogP contribution is 2.25. The SMILES string of the molecule is O=[N+]([O-])C(Cl)=C(Cl)c1ccccc1. The van der Waals surface area contributed by atoms with Crippen molar-refractivity contribution in [3.63, 3.8) is 0 Å². The molecule has 0 heterocycles. The number of halogens is 2. The molecular formula is C8H5Cl2NO2. The lowest BCUT2D eigenvalue weighted by Gasteiger charge is -1.96. The van der Waals surface area contributed by atoms with Crippen LogP contribution < -0.4 is 0 Å². The molecule has 0 atom stereocenters. The number of nitro groups is 1. The Morgan fingerprint density at radius 2 is 1.77 bits per heavy atom. The van der Waals surface area contributed by atoms with E-state index in [1.165, 1.54) is 0 Å². The van der Waals surface area contributed by atoms with Crippen molar-refractivity contribution in [2.75, 3.05) is 0 Å². The Kier molecular flexibility index (Phi) is 3.28. The van der Waals surface area contributed by atoms with Crippen LogP contribution in [-0.4, -0.2) is 4.92 Å². The molecule has 0 aliphatic carbocycles. The summed E-state index contributed by atoms with van der Waals surface area (Å²) in [4.78, 5) is 9.52. The van der Waals surface area contributed by atoms with Crippen molar-refractivity contribution in [3.8, 4) is 0 Å². The zero-order valence-electron chi connectivity index (χ0n) is 6.41. The van der Waals surface area contributed by atoms with Crippen LogP contribution >= 0.6 is 23.2 Å². The molecule has 0 fully saturated rings. The van der Waals surface area contributed by atoms with E-state index in [1.54, 1.807) is 30.3 Å². The summed E-state index contributed by atoms with van der Waals surface area (Å²) < 4.78 is 0. The first-order valence-electron chi connectivity index (χ1n) is 3.38. The summed E-state index contributed by atoms with van der Waals surface area (Å²) >= 11 is 11.0. The largest absolute Gasteiger partial charge is 0.356 e. The van der Waals surface area contributed by atoms with E-state index in [1.807, 2.05) is 0 Å². The van der Waals surface area contributed by atoms with E-state index in [4.69, 9.17) is 23.2 Å². The lowest BCUT2D eigenvalue weighted by Crippen LogP contribution is -1.93. The molecule has 0 aliphatic heterocycles. The molecule has 0 aliphatic rings. The second-order valence-electron chi connectivity index (χ2n) is 2.23. The van der Waals surface area contributed by atoms with Gasteiger partial charge in [-0.15, -0.1) is 0 Å². The van der Waals surface area contributed by atoms with E-state index >= 15 is 0 Å². The molecule has 0 bridgehead atoms. The summed E-state index contributed by atoms with van der Waals surface area (Å²) in [6.07, 6.45) is 0. The maximum absolute atomic E-state index is 10.2. The zero-order valence-corrected chi connectivity index (χ0v) is 7.92. The molecule has 0 amide bonds. The van der Waals surface area contributed by atoms with Crippen molar-refractivity contribution in [3.05, 3.63) is 51.2 Å². The third-order valence-corrected chi connectivity index (χ3v) is 2.19. The standard InChI is InChI=1S/C8H5Cl2NO2/c9-7(8(10)11(12)13)6-4-2-1-3-5-6/h1-5H. The van der Waals surface area contributed by atoms with Gasteiger partial charge >= 0.3 is 5.16 Å². The van der Waals surface area contributed by atoms with Gasteiger partial charge in [-0.3, -0.25) is 10.1 Å². The Balaban J connectivity index is 3.11. The monoisotopic (exact) mass is 217 g/mol. The fourth-order valence-corrected chi connectivity index (χ4v) is 1.09. The Bertz CT molecular complexity index is 348. The molecule has 13 heavy (non-hydrogen) atoms. The minimum atomic E-state index is -0.725. The normalized spacial score (nSPS) is 12.2. The number of benzene rings is 1. The molecule has 0 radical (unpaired) electrons. The minimum Gasteiger partial charge on any atom is -0.257 e. The summed E-state index contributed by atoms with van der Waals surface area (Å²) in [7, 11) is 0. The fraction of sp³-hybridized carbons (Fsp3) is 0. The molecule has 0 saturated carbocycles. The van der Waals surface area contributed by atoms with Crippen LogP contribution in [0.4, 0.5) is 0 Å². The number of hydrogen-bond donors (Lipinski definition) is 0. The molecule has 0 N–H and O–H groups in total. The van der Waals surface area contributed by atoms with Crippen molar-refractivity contribution < 1.29 is 4.92 Å². The average molecular weight is 218 g/mol. The summed E-state index contributed by atoms with van der Waals surface area (Å²) in [6, 6.07) is 8.53. The van der Waals surface area contributed by atoms with Crippen LogP contribution in [0, 0.1) is 10.1 Å². The van der Waals surface area contributed by atoms with E-state index in [-0.39, 0.29) is 5.03 Å². The predicted molar refractivity (Wildman–Crippen MR) is 52.1 cm³/mol. The first-order chi connectivity index (χ1) is 6.13. The van der Waals surface area contributed by atoms with Gasteiger partial charge in [-0.25, -0.2) is 0 Å². The quantitative estimate of drug-likeness (QED) is 0.434. The first-order valence-corrected chi connectivity index (χ1v) is 4.13. The molecular weight excluding hydrogens is 213 g/mol. The lowest BCUT2D eigenvalue weighted by atomic mass is 10.2. The third kappa shape index (κ3) is 2.44. The summed E-state index contributed by atoms with van der Waals surface area (Å²) in [5.74, 6) is 0. The lowest BCUT2D eigenvalue weighted by molar-refractivity contribution is -0.410. The molecule has 0 unspecified atom stereocenters. The predicted octanol–water partition coefficient (Wildman–Crippen LogP) is 3.07. The van der Waals surface area contributed by atoms with Crippen LogP contribution in [0.1, 0.15) is 5.56 Å². The maximum atomic E-state index is 10.2. The first kappa shape index (κ1) is 10.0. The topological polar surface area (TPSA) is 43.1 Å². The fourth-order valence-electron chi connectivity index (χ4n) is 0.784. The summed E-state index contributed by atoms with van der Waals surface area (Å²) in [6.45, 7) is 0. The Hall–Kier alpha value is -1.06. The van der Waals surface area contributed by atoms with Gasteiger partial charge in [0.1, 0.15) is 5.03 Å². The van der Waals surface area contributed by atoms with Crippen molar-refractivity contribution in [1.82, 2.24) is 0 Å². The van der Waals surface area contributed by atoms with E-state index in [2.05, 4.69) is 0 Å². The van der Waals surface area contributed by atoms with Gasteiger partial charge in [-0.1, -0.05) is 41.9 Å². The molecule has 68 valence electrons. The Labute approximate surface area is 84.7 Å². The summed E-state index contributed by atoms with van der Waals surface area (Å²) in [5.41, 5.74) is 0.533. The van der Waals surface area contributed by atoms with Crippen LogP contribution in [0.25, 0.3) is 5.03 Å². The maximum Gasteiger partial charge on any atom is 0.356 e. The van der Waals surface area contributed by atoms with Gasteiger partial charge in [0.05, 0.1) is 4.92 Å².